The highest BCUT2D eigenvalue weighted by atomic mass is 79.9. The summed E-state index contributed by atoms with van der Waals surface area (Å²) >= 11 is 3.12. The van der Waals surface area contributed by atoms with Crippen LogP contribution < -0.4 is 0 Å². The van der Waals surface area contributed by atoms with Crippen LogP contribution in [0.5, 0.6) is 0 Å². The van der Waals surface area contributed by atoms with Gasteiger partial charge in [0, 0.05) is 11.8 Å². The van der Waals surface area contributed by atoms with Crippen LogP contribution in [0.3, 0.4) is 0 Å². The van der Waals surface area contributed by atoms with Gasteiger partial charge in [0.05, 0.1) is 5.56 Å². The van der Waals surface area contributed by atoms with E-state index < -0.39 is 11.7 Å². The fourth-order valence-electron chi connectivity index (χ4n) is 2.06. The Hall–Kier alpha value is -1.89. The minimum absolute atomic E-state index is 0.0884. The number of pyridine rings is 1. The SMILES string of the molecule is FC(F)(F)c1ccccc1-c1cccn2nc(Br)nc12. The predicted molar refractivity (Wildman–Crippen MR) is 71.1 cm³/mol. The first-order chi connectivity index (χ1) is 9.47. The first-order valence-corrected chi connectivity index (χ1v) is 6.43. The number of aromatic nitrogens is 3. The van der Waals surface area contributed by atoms with Crippen LogP contribution in [-0.2, 0) is 6.18 Å². The molecule has 0 unspecified atom stereocenters. The van der Waals surface area contributed by atoms with Crippen molar-refractivity contribution in [2.24, 2.45) is 0 Å². The van der Waals surface area contributed by atoms with Gasteiger partial charge in [-0.05, 0) is 39.7 Å². The van der Waals surface area contributed by atoms with E-state index in [-0.39, 0.29) is 5.56 Å². The van der Waals surface area contributed by atoms with Gasteiger partial charge in [-0.2, -0.15) is 13.2 Å². The minimum Gasteiger partial charge on any atom is -0.219 e. The Bertz CT molecular complexity index is 780. The smallest absolute Gasteiger partial charge is 0.219 e. The minimum atomic E-state index is -4.42. The van der Waals surface area contributed by atoms with E-state index in [2.05, 4.69) is 26.0 Å². The van der Waals surface area contributed by atoms with Gasteiger partial charge in [0.1, 0.15) is 0 Å². The molecule has 7 heteroatoms. The van der Waals surface area contributed by atoms with E-state index in [0.29, 0.717) is 15.9 Å². The first kappa shape index (κ1) is 13.1. The van der Waals surface area contributed by atoms with E-state index in [9.17, 15) is 13.2 Å². The van der Waals surface area contributed by atoms with Crippen LogP contribution in [0.2, 0.25) is 0 Å². The van der Waals surface area contributed by atoms with Gasteiger partial charge in [0.15, 0.2) is 5.65 Å². The summed E-state index contributed by atoms with van der Waals surface area (Å²) in [5.74, 6) is 0. The van der Waals surface area contributed by atoms with Gasteiger partial charge < -0.3 is 0 Å². The molecule has 2 aromatic heterocycles. The van der Waals surface area contributed by atoms with Crippen LogP contribution in [0, 0.1) is 0 Å². The van der Waals surface area contributed by atoms with Gasteiger partial charge >= 0.3 is 6.18 Å². The lowest BCUT2D eigenvalue weighted by Crippen LogP contribution is -2.07. The zero-order chi connectivity index (χ0) is 14.3. The lowest BCUT2D eigenvalue weighted by molar-refractivity contribution is -0.137. The van der Waals surface area contributed by atoms with Gasteiger partial charge in [0.25, 0.3) is 0 Å². The van der Waals surface area contributed by atoms with E-state index in [1.807, 2.05) is 0 Å². The second kappa shape index (κ2) is 4.59. The van der Waals surface area contributed by atoms with Crippen molar-refractivity contribution in [1.29, 1.82) is 0 Å². The van der Waals surface area contributed by atoms with E-state index >= 15 is 0 Å². The van der Waals surface area contributed by atoms with Gasteiger partial charge in [-0.25, -0.2) is 9.50 Å². The average Bonchev–Trinajstić information content (AvgIpc) is 2.77. The highest BCUT2D eigenvalue weighted by Gasteiger charge is 2.33. The Morgan fingerprint density at radius 3 is 2.45 bits per heavy atom. The number of rotatable bonds is 1. The molecule has 0 bridgehead atoms. The van der Waals surface area contributed by atoms with Gasteiger partial charge in [-0.1, -0.05) is 18.2 Å². The maximum Gasteiger partial charge on any atom is 0.417 e. The summed E-state index contributed by atoms with van der Waals surface area (Å²) in [7, 11) is 0. The monoisotopic (exact) mass is 341 g/mol. The molecular formula is C13H7BrF3N3. The van der Waals surface area contributed by atoms with E-state index in [1.54, 1.807) is 24.4 Å². The molecule has 20 heavy (non-hydrogen) atoms. The van der Waals surface area contributed by atoms with Crippen molar-refractivity contribution in [2.45, 2.75) is 6.18 Å². The number of hydrogen-bond donors (Lipinski definition) is 0. The molecule has 3 nitrogen and oxygen atoms in total. The molecule has 0 aliphatic heterocycles. The maximum absolute atomic E-state index is 13.1. The molecule has 0 aliphatic carbocycles. The Balaban J connectivity index is 2.32. The third kappa shape index (κ3) is 2.18. The lowest BCUT2D eigenvalue weighted by atomic mass is 10.0. The number of fused-ring (bicyclic) bond motifs is 1. The quantitative estimate of drug-likeness (QED) is 0.664. The average molecular weight is 342 g/mol. The molecule has 0 saturated heterocycles. The summed E-state index contributed by atoms with van der Waals surface area (Å²) in [5.41, 5.74) is 0.160. The summed E-state index contributed by atoms with van der Waals surface area (Å²) in [4.78, 5) is 4.11. The molecule has 0 amide bonds. The molecule has 0 saturated carbocycles. The van der Waals surface area contributed by atoms with Crippen molar-refractivity contribution in [2.75, 3.05) is 0 Å². The van der Waals surface area contributed by atoms with Crippen LogP contribution >= 0.6 is 15.9 Å². The van der Waals surface area contributed by atoms with Crippen LogP contribution in [0.15, 0.2) is 47.3 Å². The molecule has 0 aliphatic rings. The summed E-state index contributed by atoms with van der Waals surface area (Å²) in [5, 5.41) is 4.03. The Morgan fingerprint density at radius 2 is 1.70 bits per heavy atom. The molecule has 0 fully saturated rings. The zero-order valence-electron chi connectivity index (χ0n) is 9.89. The highest BCUT2D eigenvalue weighted by molar-refractivity contribution is 9.10. The van der Waals surface area contributed by atoms with Gasteiger partial charge in [0.2, 0.25) is 4.73 Å². The summed E-state index contributed by atoms with van der Waals surface area (Å²) in [6, 6.07) is 8.66. The van der Waals surface area contributed by atoms with Crippen LogP contribution in [0.4, 0.5) is 13.2 Å². The molecule has 0 radical (unpaired) electrons. The van der Waals surface area contributed by atoms with Gasteiger partial charge in [-0.15, -0.1) is 5.10 Å². The Labute approximate surface area is 120 Å². The normalized spacial score (nSPS) is 12.0. The molecule has 2 heterocycles. The summed E-state index contributed by atoms with van der Waals surface area (Å²) < 4.78 is 41.0. The van der Waals surface area contributed by atoms with Gasteiger partial charge in [-0.3, -0.25) is 0 Å². The topological polar surface area (TPSA) is 30.2 Å². The van der Waals surface area contributed by atoms with E-state index in [1.165, 1.54) is 16.6 Å². The summed E-state index contributed by atoms with van der Waals surface area (Å²) in [6.07, 6.45) is -2.78. The van der Waals surface area contributed by atoms with Crippen LogP contribution in [0.1, 0.15) is 5.56 Å². The first-order valence-electron chi connectivity index (χ1n) is 5.64. The molecular weight excluding hydrogens is 335 g/mol. The van der Waals surface area contributed by atoms with Crippen molar-refractivity contribution in [3.63, 3.8) is 0 Å². The fourth-order valence-corrected chi connectivity index (χ4v) is 2.39. The molecule has 0 spiro atoms. The van der Waals surface area contributed by atoms with Crippen molar-refractivity contribution < 1.29 is 13.2 Å². The number of nitrogens with zero attached hydrogens (tertiary/aromatic N) is 3. The number of halogens is 4. The molecule has 3 aromatic rings. The maximum atomic E-state index is 13.1. The van der Waals surface area contributed by atoms with Crippen LogP contribution in [-0.4, -0.2) is 14.6 Å². The third-order valence-electron chi connectivity index (χ3n) is 2.86. The molecule has 0 N–H and O–H groups in total. The third-order valence-corrected chi connectivity index (χ3v) is 3.20. The van der Waals surface area contributed by atoms with E-state index in [0.717, 1.165) is 6.07 Å². The standard InChI is InChI=1S/C13H7BrF3N3/c14-12-18-11-9(5-3-7-20(11)19-12)8-4-1-2-6-10(8)13(15,16)17/h1-7H. The molecule has 1 aromatic carbocycles. The molecule has 3 rings (SSSR count). The zero-order valence-corrected chi connectivity index (χ0v) is 11.5. The second-order valence-electron chi connectivity index (χ2n) is 4.11. The molecule has 0 atom stereocenters. The summed E-state index contributed by atoms with van der Waals surface area (Å²) in [6.45, 7) is 0. The highest BCUT2D eigenvalue weighted by Crippen LogP contribution is 2.37. The second-order valence-corrected chi connectivity index (χ2v) is 4.82. The van der Waals surface area contributed by atoms with E-state index in [4.69, 9.17) is 0 Å². The molecule has 102 valence electrons. The van der Waals surface area contributed by atoms with Crippen molar-refractivity contribution in [3.05, 3.63) is 52.9 Å². The van der Waals surface area contributed by atoms with Crippen molar-refractivity contribution in [1.82, 2.24) is 14.6 Å². The predicted octanol–water partition coefficient (Wildman–Crippen LogP) is 4.18. The Kier molecular flexibility index (Phi) is 3.01. The fraction of sp³-hybridized carbons (Fsp3) is 0.0769. The van der Waals surface area contributed by atoms with Crippen LogP contribution in [0.25, 0.3) is 16.8 Å². The number of alkyl halides is 3. The lowest BCUT2D eigenvalue weighted by Gasteiger charge is -2.12. The van der Waals surface area contributed by atoms with Crippen molar-refractivity contribution >= 4 is 21.6 Å². The number of hydrogen-bond acceptors (Lipinski definition) is 2. The largest absolute Gasteiger partial charge is 0.417 e. The van der Waals surface area contributed by atoms with Crippen molar-refractivity contribution in [3.8, 4) is 11.1 Å². The Morgan fingerprint density at radius 1 is 1.00 bits per heavy atom. The number of benzene rings is 1.